The summed E-state index contributed by atoms with van der Waals surface area (Å²) in [4.78, 5) is 11.1. The molecule has 1 rings (SSSR count). The molecule has 1 aliphatic carbocycles. The van der Waals surface area contributed by atoms with Gasteiger partial charge in [-0.1, -0.05) is 0 Å². The third kappa shape index (κ3) is 2.67. The molecule has 5 nitrogen and oxygen atoms in total. The van der Waals surface area contributed by atoms with Crippen molar-refractivity contribution >= 4 is 5.97 Å². The molecule has 0 heterocycles. The number of ether oxygens (including phenoxy) is 1. The fourth-order valence-corrected chi connectivity index (χ4v) is 1.39. The van der Waals surface area contributed by atoms with Crippen molar-refractivity contribution in [2.24, 2.45) is 0 Å². The van der Waals surface area contributed by atoms with E-state index in [0.717, 1.165) is 0 Å². The Morgan fingerprint density at radius 1 is 1.64 bits per heavy atom. The number of aliphatic hydroxyl groups is 2. The Morgan fingerprint density at radius 2 is 2.21 bits per heavy atom. The second-order valence-electron chi connectivity index (χ2n) is 3.97. The first kappa shape index (κ1) is 11.4. The second kappa shape index (κ2) is 4.25. The van der Waals surface area contributed by atoms with Crippen LogP contribution in [0.15, 0.2) is 0 Å². The van der Waals surface area contributed by atoms with Crippen molar-refractivity contribution in [1.82, 2.24) is 5.32 Å². The van der Waals surface area contributed by atoms with Crippen LogP contribution in [0.5, 0.6) is 0 Å². The van der Waals surface area contributed by atoms with E-state index in [1.807, 2.05) is 0 Å². The van der Waals surface area contributed by atoms with Gasteiger partial charge in [-0.3, -0.25) is 0 Å². The zero-order valence-corrected chi connectivity index (χ0v) is 8.49. The van der Waals surface area contributed by atoms with Crippen LogP contribution in [-0.2, 0) is 9.53 Å². The van der Waals surface area contributed by atoms with Crippen LogP contribution in [0.2, 0.25) is 0 Å². The quantitative estimate of drug-likeness (QED) is 0.512. The highest BCUT2D eigenvalue weighted by atomic mass is 16.5. The van der Waals surface area contributed by atoms with E-state index in [-0.39, 0.29) is 18.7 Å². The summed E-state index contributed by atoms with van der Waals surface area (Å²) < 4.78 is 4.44. The molecule has 0 bridgehead atoms. The van der Waals surface area contributed by atoms with Gasteiger partial charge in [0.2, 0.25) is 0 Å². The maximum Gasteiger partial charge on any atom is 0.338 e. The van der Waals surface area contributed by atoms with Crippen LogP contribution in [0.1, 0.15) is 19.8 Å². The molecular weight excluding hydrogens is 186 g/mol. The molecular formula is C9H17NO4. The summed E-state index contributed by atoms with van der Waals surface area (Å²) >= 11 is 0. The van der Waals surface area contributed by atoms with Crippen LogP contribution in [0.4, 0.5) is 0 Å². The third-order valence-corrected chi connectivity index (χ3v) is 2.47. The summed E-state index contributed by atoms with van der Waals surface area (Å²) in [5.41, 5.74) is -1.49. The van der Waals surface area contributed by atoms with E-state index < -0.39 is 11.6 Å². The number of hydrogen-bond acceptors (Lipinski definition) is 5. The highest BCUT2D eigenvalue weighted by Crippen LogP contribution is 2.19. The van der Waals surface area contributed by atoms with Crippen LogP contribution in [-0.4, -0.2) is 47.6 Å². The Labute approximate surface area is 83.1 Å². The van der Waals surface area contributed by atoms with Gasteiger partial charge in [0.1, 0.15) is 0 Å². The van der Waals surface area contributed by atoms with Crippen LogP contribution in [0.3, 0.4) is 0 Å². The molecule has 82 valence electrons. The van der Waals surface area contributed by atoms with E-state index >= 15 is 0 Å². The largest absolute Gasteiger partial charge is 0.467 e. The highest BCUT2D eigenvalue weighted by molar-refractivity contribution is 5.78. The number of hydrogen-bond donors (Lipinski definition) is 3. The Kier molecular flexibility index (Phi) is 3.47. The molecule has 3 N–H and O–H groups in total. The fourth-order valence-electron chi connectivity index (χ4n) is 1.39. The molecule has 1 atom stereocenters. The molecule has 1 unspecified atom stereocenters. The average molecular weight is 203 g/mol. The normalized spacial score (nSPS) is 30.3. The summed E-state index contributed by atoms with van der Waals surface area (Å²) in [5.74, 6) is -0.648. The maximum atomic E-state index is 11.1. The Morgan fingerprint density at radius 3 is 2.64 bits per heavy atom. The minimum Gasteiger partial charge on any atom is -0.467 e. The maximum absolute atomic E-state index is 11.1. The SMILES string of the molecule is COC(=O)C(C)(O)CNC1CC(O)C1. The van der Waals surface area contributed by atoms with E-state index in [4.69, 9.17) is 5.11 Å². The summed E-state index contributed by atoms with van der Waals surface area (Å²) in [5, 5.41) is 21.6. The monoisotopic (exact) mass is 203 g/mol. The Bertz CT molecular complexity index is 211. The third-order valence-electron chi connectivity index (χ3n) is 2.47. The zero-order chi connectivity index (χ0) is 10.8. The lowest BCUT2D eigenvalue weighted by molar-refractivity contribution is -0.160. The smallest absolute Gasteiger partial charge is 0.338 e. The lowest BCUT2D eigenvalue weighted by Crippen LogP contribution is -2.52. The number of carbonyl (C=O) groups is 1. The minimum atomic E-state index is -1.49. The second-order valence-corrected chi connectivity index (χ2v) is 3.97. The van der Waals surface area contributed by atoms with Crippen molar-refractivity contribution in [2.45, 2.75) is 37.5 Å². The Hall–Kier alpha value is -0.650. The van der Waals surface area contributed by atoms with Gasteiger partial charge in [-0.2, -0.15) is 0 Å². The van der Waals surface area contributed by atoms with Gasteiger partial charge in [0, 0.05) is 12.6 Å². The molecule has 0 aromatic heterocycles. The molecule has 1 fully saturated rings. The van der Waals surface area contributed by atoms with Gasteiger partial charge in [0.15, 0.2) is 5.60 Å². The van der Waals surface area contributed by atoms with Crippen LogP contribution >= 0.6 is 0 Å². The fraction of sp³-hybridized carbons (Fsp3) is 0.889. The summed E-state index contributed by atoms with van der Waals surface area (Å²) in [7, 11) is 1.24. The van der Waals surface area contributed by atoms with Crippen LogP contribution < -0.4 is 5.32 Å². The van der Waals surface area contributed by atoms with Gasteiger partial charge in [-0.15, -0.1) is 0 Å². The molecule has 1 aliphatic rings. The van der Waals surface area contributed by atoms with Crippen molar-refractivity contribution in [3.05, 3.63) is 0 Å². The summed E-state index contributed by atoms with van der Waals surface area (Å²) in [6.45, 7) is 1.55. The topological polar surface area (TPSA) is 78.8 Å². The van der Waals surface area contributed by atoms with E-state index in [1.165, 1.54) is 14.0 Å². The molecule has 0 aromatic carbocycles. The van der Waals surface area contributed by atoms with Crippen LogP contribution in [0.25, 0.3) is 0 Å². The first-order valence-electron chi connectivity index (χ1n) is 4.68. The molecule has 1 saturated carbocycles. The van der Waals surface area contributed by atoms with Crippen LogP contribution in [0, 0.1) is 0 Å². The number of aliphatic hydroxyl groups excluding tert-OH is 1. The van der Waals surface area contributed by atoms with Crippen molar-refractivity contribution in [1.29, 1.82) is 0 Å². The standard InChI is InChI=1S/C9H17NO4/c1-9(13,8(12)14-2)5-10-6-3-7(11)4-6/h6-7,10-11,13H,3-5H2,1-2H3. The molecule has 5 heteroatoms. The van der Waals surface area contributed by atoms with E-state index in [2.05, 4.69) is 10.1 Å². The summed E-state index contributed by atoms with van der Waals surface area (Å²) in [6.07, 6.45) is 1.12. The summed E-state index contributed by atoms with van der Waals surface area (Å²) in [6, 6.07) is 0.195. The predicted octanol–water partition coefficient (Wildman–Crippen LogP) is -0.977. The number of methoxy groups -OCH3 is 1. The molecule has 0 radical (unpaired) electrons. The van der Waals surface area contributed by atoms with Crippen molar-refractivity contribution in [3.63, 3.8) is 0 Å². The van der Waals surface area contributed by atoms with Gasteiger partial charge in [0.25, 0.3) is 0 Å². The average Bonchev–Trinajstić information content (AvgIpc) is 2.09. The minimum absolute atomic E-state index is 0.150. The lowest BCUT2D eigenvalue weighted by Gasteiger charge is -2.34. The van der Waals surface area contributed by atoms with Gasteiger partial charge >= 0.3 is 5.97 Å². The van der Waals surface area contributed by atoms with E-state index in [9.17, 15) is 9.90 Å². The van der Waals surface area contributed by atoms with Crippen molar-refractivity contribution in [3.8, 4) is 0 Å². The van der Waals surface area contributed by atoms with Gasteiger partial charge in [-0.25, -0.2) is 4.79 Å². The zero-order valence-electron chi connectivity index (χ0n) is 8.49. The first-order chi connectivity index (χ1) is 6.45. The number of esters is 1. The van der Waals surface area contributed by atoms with Crippen molar-refractivity contribution < 1.29 is 19.7 Å². The van der Waals surface area contributed by atoms with E-state index in [1.54, 1.807) is 0 Å². The number of rotatable bonds is 4. The Balaban J connectivity index is 2.26. The predicted molar refractivity (Wildman–Crippen MR) is 49.7 cm³/mol. The molecule has 14 heavy (non-hydrogen) atoms. The highest BCUT2D eigenvalue weighted by Gasteiger charge is 2.34. The van der Waals surface area contributed by atoms with Gasteiger partial charge in [0.05, 0.1) is 13.2 Å². The molecule has 0 spiro atoms. The molecule has 0 aliphatic heterocycles. The van der Waals surface area contributed by atoms with Gasteiger partial charge < -0.3 is 20.3 Å². The lowest BCUT2D eigenvalue weighted by atomic mass is 9.89. The van der Waals surface area contributed by atoms with E-state index in [0.29, 0.717) is 12.8 Å². The first-order valence-corrected chi connectivity index (χ1v) is 4.68. The van der Waals surface area contributed by atoms with Crippen molar-refractivity contribution in [2.75, 3.05) is 13.7 Å². The molecule has 0 amide bonds. The van der Waals surface area contributed by atoms with Gasteiger partial charge in [-0.05, 0) is 19.8 Å². The molecule has 0 aromatic rings. The number of carbonyl (C=O) groups excluding carboxylic acids is 1. The molecule has 0 saturated heterocycles. The number of nitrogens with one attached hydrogen (secondary N) is 1.